The van der Waals surface area contributed by atoms with Crippen molar-refractivity contribution < 1.29 is 19.0 Å². The molecule has 0 radical (unpaired) electrons. The molecule has 0 atom stereocenters. The Morgan fingerprint density at radius 3 is 2.72 bits per heavy atom. The summed E-state index contributed by atoms with van der Waals surface area (Å²) < 4.78 is 18.8. The van der Waals surface area contributed by atoms with Gasteiger partial charge in [0.25, 0.3) is 0 Å². The van der Waals surface area contributed by atoms with Gasteiger partial charge in [-0.3, -0.25) is 0 Å². The first-order chi connectivity index (χ1) is 8.56. The molecule has 0 spiro atoms. The molecule has 0 aliphatic rings. The van der Waals surface area contributed by atoms with E-state index in [1.54, 1.807) is 0 Å². The predicted molar refractivity (Wildman–Crippen MR) is 63.2 cm³/mol. The van der Waals surface area contributed by atoms with E-state index in [9.17, 15) is 9.18 Å². The summed E-state index contributed by atoms with van der Waals surface area (Å²) in [6.45, 7) is 0. The van der Waals surface area contributed by atoms with Gasteiger partial charge in [-0.1, -0.05) is 0 Å². The van der Waals surface area contributed by atoms with Gasteiger partial charge in [0.15, 0.2) is 5.69 Å². The maximum Gasteiger partial charge on any atom is 0.356 e. The fourth-order valence-electron chi connectivity index (χ4n) is 1.15. The first-order valence-electron chi connectivity index (χ1n) is 4.74. The molecule has 0 saturated heterocycles. The second kappa shape index (κ2) is 5.09. The van der Waals surface area contributed by atoms with E-state index in [0.717, 1.165) is 12.4 Å². The number of hydrogen-bond donors (Lipinski definition) is 1. The van der Waals surface area contributed by atoms with Gasteiger partial charge in [0.2, 0.25) is 5.88 Å². The van der Waals surface area contributed by atoms with E-state index in [0.29, 0.717) is 4.47 Å². The van der Waals surface area contributed by atoms with Gasteiger partial charge in [-0.15, -0.1) is 0 Å². The highest BCUT2D eigenvalue weighted by molar-refractivity contribution is 9.10. The van der Waals surface area contributed by atoms with Crippen molar-refractivity contribution in [3.63, 3.8) is 0 Å². The zero-order valence-electron chi connectivity index (χ0n) is 8.80. The SMILES string of the molecule is O=C(O)c1cnc(Oc2cc(F)ccc2Br)cn1. The topological polar surface area (TPSA) is 72.3 Å². The lowest BCUT2D eigenvalue weighted by Crippen LogP contribution is -2.01. The summed E-state index contributed by atoms with van der Waals surface area (Å²) in [5.74, 6) is -1.33. The highest BCUT2D eigenvalue weighted by Gasteiger charge is 2.08. The Hall–Kier alpha value is -2.02. The number of carboxylic acid groups (broad SMARTS) is 1. The summed E-state index contributed by atoms with van der Waals surface area (Å²) in [4.78, 5) is 18.0. The Labute approximate surface area is 109 Å². The average Bonchev–Trinajstić information content (AvgIpc) is 2.34. The molecular weight excluding hydrogens is 307 g/mol. The van der Waals surface area contributed by atoms with Gasteiger partial charge in [0, 0.05) is 6.07 Å². The third kappa shape index (κ3) is 2.80. The zero-order chi connectivity index (χ0) is 13.1. The van der Waals surface area contributed by atoms with Gasteiger partial charge in [-0.05, 0) is 28.1 Å². The maximum absolute atomic E-state index is 13.0. The van der Waals surface area contributed by atoms with Crippen molar-refractivity contribution in [2.24, 2.45) is 0 Å². The Morgan fingerprint density at radius 2 is 2.11 bits per heavy atom. The maximum atomic E-state index is 13.0. The minimum atomic E-state index is -1.18. The van der Waals surface area contributed by atoms with Crippen LogP contribution in [0.15, 0.2) is 35.1 Å². The molecule has 2 aromatic rings. The minimum Gasteiger partial charge on any atom is -0.476 e. The van der Waals surface area contributed by atoms with Gasteiger partial charge in [0.1, 0.15) is 11.6 Å². The van der Waals surface area contributed by atoms with E-state index >= 15 is 0 Å². The Balaban J connectivity index is 2.23. The first-order valence-corrected chi connectivity index (χ1v) is 5.54. The molecule has 0 unspecified atom stereocenters. The van der Waals surface area contributed by atoms with Crippen molar-refractivity contribution >= 4 is 21.9 Å². The smallest absolute Gasteiger partial charge is 0.356 e. The van der Waals surface area contributed by atoms with E-state index in [2.05, 4.69) is 25.9 Å². The molecule has 0 aliphatic carbocycles. The molecule has 0 saturated carbocycles. The van der Waals surface area contributed by atoms with Crippen molar-refractivity contribution in [3.8, 4) is 11.6 Å². The molecule has 1 aromatic carbocycles. The lowest BCUT2D eigenvalue weighted by Gasteiger charge is -2.06. The molecular formula is C11H6BrFN2O3. The van der Waals surface area contributed by atoms with Crippen LogP contribution in [0.4, 0.5) is 4.39 Å². The van der Waals surface area contributed by atoms with Crippen molar-refractivity contribution in [2.75, 3.05) is 0 Å². The van der Waals surface area contributed by atoms with Crippen LogP contribution in [-0.2, 0) is 0 Å². The van der Waals surface area contributed by atoms with Crippen LogP contribution < -0.4 is 4.74 Å². The molecule has 2 rings (SSSR count). The Bertz CT molecular complexity index is 589. The van der Waals surface area contributed by atoms with Crippen molar-refractivity contribution in [3.05, 3.63) is 46.6 Å². The summed E-state index contributed by atoms with van der Waals surface area (Å²) in [5.41, 5.74) is -0.194. The average molecular weight is 313 g/mol. The molecule has 7 heteroatoms. The summed E-state index contributed by atoms with van der Waals surface area (Å²) in [6, 6.07) is 3.94. The quantitative estimate of drug-likeness (QED) is 0.943. The second-order valence-corrected chi connectivity index (χ2v) is 4.08. The lowest BCUT2D eigenvalue weighted by atomic mass is 10.3. The summed E-state index contributed by atoms with van der Waals surface area (Å²) >= 11 is 3.19. The van der Waals surface area contributed by atoms with Gasteiger partial charge < -0.3 is 9.84 Å². The van der Waals surface area contributed by atoms with Gasteiger partial charge in [-0.2, -0.15) is 0 Å². The van der Waals surface area contributed by atoms with Crippen LogP contribution in [0.3, 0.4) is 0 Å². The molecule has 92 valence electrons. The van der Waals surface area contributed by atoms with Gasteiger partial charge in [-0.25, -0.2) is 19.2 Å². The number of aromatic carboxylic acids is 1. The Morgan fingerprint density at radius 1 is 1.33 bits per heavy atom. The normalized spacial score (nSPS) is 10.1. The molecule has 1 heterocycles. The number of rotatable bonds is 3. The third-order valence-electron chi connectivity index (χ3n) is 1.96. The van der Waals surface area contributed by atoms with Crippen molar-refractivity contribution in [2.45, 2.75) is 0 Å². The van der Waals surface area contributed by atoms with E-state index in [4.69, 9.17) is 9.84 Å². The lowest BCUT2D eigenvalue weighted by molar-refractivity contribution is 0.0690. The van der Waals surface area contributed by atoms with Crippen LogP contribution in [0.1, 0.15) is 10.5 Å². The van der Waals surface area contributed by atoms with Gasteiger partial charge >= 0.3 is 5.97 Å². The molecule has 0 amide bonds. The van der Waals surface area contributed by atoms with Crippen molar-refractivity contribution in [1.82, 2.24) is 9.97 Å². The van der Waals surface area contributed by atoms with Crippen LogP contribution in [0.5, 0.6) is 11.6 Å². The standard InChI is InChI=1S/C11H6BrFN2O3/c12-7-2-1-6(13)3-9(7)18-10-5-14-8(4-15-10)11(16)17/h1-5H,(H,16,17). The van der Waals surface area contributed by atoms with Crippen LogP contribution >= 0.6 is 15.9 Å². The number of carboxylic acids is 1. The summed E-state index contributed by atoms with van der Waals surface area (Å²) in [6.07, 6.45) is 2.21. The first kappa shape index (κ1) is 12.4. The molecule has 1 N–H and O–H groups in total. The predicted octanol–water partition coefficient (Wildman–Crippen LogP) is 2.87. The molecule has 0 aliphatic heterocycles. The molecule has 5 nitrogen and oxygen atoms in total. The number of ether oxygens (including phenoxy) is 1. The highest BCUT2D eigenvalue weighted by Crippen LogP contribution is 2.28. The number of nitrogens with zero attached hydrogens (tertiary/aromatic N) is 2. The van der Waals surface area contributed by atoms with Crippen molar-refractivity contribution in [1.29, 1.82) is 0 Å². The zero-order valence-corrected chi connectivity index (χ0v) is 10.4. The van der Waals surface area contributed by atoms with E-state index in [-0.39, 0.29) is 17.3 Å². The second-order valence-electron chi connectivity index (χ2n) is 3.22. The molecule has 0 fully saturated rings. The minimum absolute atomic E-state index is 0.0753. The fourth-order valence-corrected chi connectivity index (χ4v) is 1.47. The van der Waals surface area contributed by atoms with Crippen LogP contribution in [0.2, 0.25) is 0 Å². The molecule has 18 heavy (non-hydrogen) atoms. The number of carbonyl (C=O) groups is 1. The number of hydrogen-bond acceptors (Lipinski definition) is 4. The fraction of sp³-hybridized carbons (Fsp3) is 0. The number of aromatic nitrogens is 2. The molecule has 1 aromatic heterocycles. The summed E-state index contributed by atoms with van der Waals surface area (Å²) in [5, 5.41) is 8.65. The number of benzene rings is 1. The number of halogens is 2. The molecule has 0 bridgehead atoms. The third-order valence-corrected chi connectivity index (χ3v) is 2.61. The summed E-state index contributed by atoms with van der Waals surface area (Å²) in [7, 11) is 0. The van der Waals surface area contributed by atoms with Crippen LogP contribution in [0, 0.1) is 5.82 Å². The Kier molecular flexibility index (Phi) is 3.52. The monoisotopic (exact) mass is 312 g/mol. The van der Waals surface area contributed by atoms with Crippen LogP contribution in [-0.4, -0.2) is 21.0 Å². The van der Waals surface area contributed by atoms with Gasteiger partial charge in [0.05, 0.1) is 16.9 Å². The highest BCUT2D eigenvalue weighted by atomic mass is 79.9. The largest absolute Gasteiger partial charge is 0.476 e. The van der Waals surface area contributed by atoms with E-state index < -0.39 is 11.8 Å². The van der Waals surface area contributed by atoms with E-state index in [1.165, 1.54) is 18.2 Å². The van der Waals surface area contributed by atoms with E-state index in [1.807, 2.05) is 0 Å². The van der Waals surface area contributed by atoms with Crippen LogP contribution in [0.25, 0.3) is 0 Å².